The van der Waals surface area contributed by atoms with E-state index in [1.807, 2.05) is 25.6 Å². The highest BCUT2D eigenvalue weighted by Gasteiger charge is 2.15. The van der Waals surface area contributed by atoms with E-state index in [-0.39, 0.29) is 0 Å². The number of hydrogen-bond donors (Lipinski definition) is 0. The average molecular weight is 259 g/mol. The molecule has 0 bridgehead atoms. The Hall–Kier alpha value is -2.02. The highest BCUT2D eigenvalue weighted by Crippen LogP contribution is 2.16. The first-order chi connectivity index (χ1) is 9.22. The summed E-state index contributed by atoms with van der Waals surface area (Å²) in [5, 5.41) is 7.89. The monoisotopic (exact) mass is 259 g/mol. The van der Waals surface area contributed by atoms with E-state index in [1.165, 1.54) is 0 Å². The van der Waals surface area contributed by atoms with Crippen molar-refractivity contribution in [3.63, 3.8) is 0 Å². The predicted molar refractivity (Wildman–Crippen MR) is 71.7 cm³/mol. The fraction of sp³-hybridized carbons (Fsp3) is 0.500. The summed E-state index contributed by atoms with van der Waals surface area (Å²) in [5.74, 6) is 0.617. The molecule has 1 fully saturated rings. The van der Waals surface area contributed by atoms with Gasteiger partial charge in [0, 0.05) is 33.2 Å². The molecule has 2 aromatic heterocycles. The minimum Gasteiger partial charge on any atom is -0.366 e. The van der Waals surface area contributed by atoms with Gasteiger partial charge < -0.3 is 9.80 Å². The van der Waals surface area contributed by atoms with E-state index in [9.17, 15) is 0 Å². The summed E-state index contributed by atoms with van der Waals surface area (Å²) < 4.78 is 1.65. The van der Waals surface area contributed by atoms with E-state index in [4.69, 9.17) is 0 Å². The number of rotatable bonds is 2. The molecule has 1 aliphatic heterocycles. The van der Waals surface area contributed by atoms with E-state index in [0.29, 0.717) is 11.5 Å². The molecule has 1 saturated heterocycles. The first-order valence-corrected chi connectivity index (χ1v) is 6.34. The highest BCUT2D eigenvalue weighted by atomic mass is 15.4. The van der Waals surface area contributed by atoms with Crippen molar-refractivity contribution in [2.75, 3.05) is 38.1 Å². The molecule has 0 aromatic carbocycles. The number of piperazine rings is 1. The van der Waals surface area contributed by atoms with Crippen LogP contribution in [-0.2, 0) is 7.05 Å². The third-order valence-electron chi connectivity index (χ3n) is 3.34. The summed E-state index contributed by atoms with van der Waals surface area (Å²) in [6.45, 7) is 4.19. The normalized spacial score (nSPS) is 16.8. The molecule has 7 heteroatoms. The molecule has 0 amide bonds. The standard InChI is InChI=1S/C12H17N7/c1-17-3-5-19(6-4-17)10-7-13-12(14-8-10)11-9-18(2)16-15-11/h7-9H,3-6H2,1-2H3. The quantitative estimate of drug-likeness (QED) is 0.758. The second-order valence-electron chi connectivity index (χ2n) is 4.83. The lowest BCUT2D eigenvalue weighted by Gasteiger charge is -2.33. The van der Waals surface area contributed by atoms with Crippen molar-refractivity contribution < 1.29 is 0 Å². The highest BCUT2D eigenvalue weighted by molar-refractivity contribution is 5.50. The first-order valence-electron chi connectivity index (χ1n) is 6.34. The minimum absolute atomic E-state index is 0.617. The Labute approximate surface area is 111 Å². The van der Waals surface area contributed by atoms with Crippen molar-refractivity contribution in [3.8, 4) is 11.5 Å². The number of hydrogen-bond acceptors (Lipinski definition) is 6. The van der Waals surface area contributed by atoms with Gasteiger partial charge >= 0.3 is 0 Å². The summed E-state index contributed by atoms with van der Waals surface area (Å²) in [4.78, 5) is 13.4. The SMILES string of the molecule is CN1CCN(c2cnc(-c3cn(C)nn3)nc2)CC1. The summed E-state index contributed by atoms with van der Waals surface area (Å²) in [7, 11) is 3.97. The Balaban J connectivity index is 1.75. The van der Waals surface area contributed by atoms with Crippen LogP contribution in [-0.4, -0.2) is 63.1 Å². The third kappa shape index (κ3) is 2.55. The van der Waals surface area contributed by atoms with Crippen molar-refractivity contribution in [2.45, 2.75) is 0 Å². The van der Waals surface area contributed by atoms with Gasteiger partial charge in [0.2, 0.25) is 0 Å². The van der Waals surface area contributed by atoms with Gasteiger partial charge in [0.25, 0.3) is 0 Å². The van der Waals surface area contributed by atoms with E-state index in [2.05, 4.69) is 37.1 Å². The molecule has 0 unspecified atom stereocenters. The maximum atomic E-state index is 4.37. The lowest BCUT2D eigenvalue weighted by Crippen LogP contribution is -2.44. The van der Waals surface area contributed by atoms with Crippen LogP contribution in [0, 0.1) is 0 Å². The molecule has 0 radical (unpaired) electrons. The first kappa shape index (κ1) is 12.0. The summed E-state index contributed by atoms with van der Waals surface area (Å²) in [5.41, 5.74) is 1.77. The van der Waals surface area contributed by atoms with Crippen molar-refractivity contribution in [1.29, 1.82) is 0 Å². The second-order valence-corrected chi connectivity index (χ2v) is 4.83. The number of anilines is 1. The van der Waals surface area contributed by atoms with Crippen LogP contribution in [0.25, 0.3) is 11.5 Å². The number of nitrogens with zero attached hydrogens (tertiary/aromatic N) is 7. The van der Waals surface area contributed by atoms with Crippen LogP contribution in [0.5, 0.6) is 0 Å². The Morgan fingerprint density at radius 1 is 1.00 bits per heavy atom. The third-order valence-corrected chi connectivity index (χ3v) is 3.34. The Morgan fingerprint density at radius 3 is 2.26 bits per heavy atom. The van der Waals surface area contributed by atoms with E-state index in [0.717, 1.165) is 31.9 Å². The smallest absolute Gasteiger partial charge is 0.181 e. The molecular formula is C12H17N7. The van der Waals surface area contributed by atoms with Gasteiger partial charge in [0.15, 0.2) is 5.82 Å². The molecule has 3 rings (SSSR count). The van der Waals surface area contributed by atoms with Crippen LogP contribution in [0.3, 0.4) is 0 Å². The van der Waals surface area contributed by atoms with Crippen LogP contribution in [0.4, 0.5) is 5.69 Å². The molecule has 100 valence electrons. The Morgan fingerprint density at radius 2 is 1.68 bits per heavy atom. The fourth-order valence-corrected chi connectivity index (χ4v) is 2.13. The van der Waals surface area contributed by atoms with Crippen molar-refractivity contribution >= 4 is 5.69 Å². The summed E-state index contributed by atoms with van der Waals surface area (Å²) >= 11 is 0. The van der Waals surface area contributed by atoms with Crippen molar-refractivity contribution in [2.24, 2.45) is 7.05 Å². The van der Waals surface area contributed by atoms with Gasteiger partial charge in [0.05, 0.1) is 24.3 Å². The largest absolute Gasteiger partial charge is 0.366 e. The fourth-order valence-electron chi connectivity index (χ4n) is 2.13. The van der Waals surface area contributed by atoms with E-state index < -0.39 is 0 Å². The van der Waals surface area contributed by atoms with Crippen molar-refractivity contribution in [1.82, 2.24) is 29.9 Å². The van der Waals surface area contributed by atoms with Gasteiger partial charge in [-0.3, -0.25) is 4.68 Å². The van der Waals surface area contributed by atoms with Crippen LogP contribution < -0.4 is 4.90 Å². The second kappa shape index (κ2) is 4.93. The van der Waals surface area contributed by atoms with Gasteiger partial charge in [0.1, 0.15) is 5.69 Å². The molecule has 0 aliphatic carbocycles. The van der Waals surface area contributed by atoms with Crippen LogP contribution >= 0.6 is 0 Å². The molecule has 0 atom stereocenters. The molecule has 7 nitrogen and oxygen atoms in total. The molecule has 1 aliphatic rings. The van der Waals surface area contributed by atoms with Crippen molar-refractivity contribution in [3.05, 3.63) is 18.6 Å². The lowest BCUT2D eigenvalue weighted by molar-refractivity contribution is 0.312. The van der Waals surface area contributed by atoms with E-state index >= 15 is 0 Å². The maximum Gasteiger partial charge on any atom is 0.181 e. The number of aromatic nitrogens is 5. The Bertz CT molecular complexity index is 539. The maximum absolute atomic E-state index is 4.37. The molecule has 2 aromatic rings. The topological polar surface area (TPSA) is 63.0 Å². The zero-order valence-corrected chi connectivity index (χ0v) is 11.2. The summed E-state index contributed by atoms with van der Waals surface area (Å²) in [6, 6.07) is 0. The lowest BCUT2D eigenvalue weighted by atomic mass is 10.3. The molecule has 0 saturated carbocycles. The zero-order valence-electron chi connectivity index (χ0n) is 11.2. The van der Waals surface area contributed by atoms with Crippen LogP contribution in [0.15, 0.2) is 18.6 Å². The Kier molecular flexibility index (Phi) is 3.12. The van der Waals surface area contributed by atoms with Crippen LogP contribution in [0.2, 0.25) is 0 Å². The molecule has 0 spiro atoms. The zero-order chi connectivity index (χ0) is 13.2. The molecular weight excluding hydrogens is 242 g/mol. The van der Waals surface area contributed by atoms with Crippen LogP contribution in [0.1, 0.15) is 0 Å². The van der Waals surface area contributed by atoms with Gasteiger partial charge in [-0.1, -0.05) is 5.21 Å². The van der Waals surface area contributed by atoms with E-state index in [1.54, 1.807) is 4.68 Å². The van der Waals surface area contributed by atoms with Gasteiger partial charge in [-0.25, -0.2) is 9.97 Å². The summed E-state index contributed by atoms with van der Waals surface area (Å²) in [6.07, 6.45) is 5.54. The predicted octanol–water partition coefficient (Wildman–Crippen LogP) is 0.0239. The average Bonchev–Trinajstić information content (AvgIpc) is 2.87. The van der Waals surface area contributed by atoms with Gasteiger partial charge in [-0.2, -0.15) is 0 Å². The van der Waals surface area contributed by atoms with Gasteiger partial charge in [-0.05, 0) is 7.05 Å². The number of aryl methyl sites for hydroxylation is 1. The number of likely N-dealkylation sites (N-methyl/N-ethyl adjacent to an activating group) is 1. The molecule has 19 heavy (non-hydrogen) atoms. The van der Waals surface area contributed by atoms with Gasteiger partial charge in [-0.15, -0.1) is 5.10 Å². The molecule has 0 N–H and O–H groups in total. The minimum atomic E-state index is 0.617. The molecule has 3 heterocycles.